The highest BCUT2D eigenvalue weighted by Gasteiger charge is 2.19. The second kappa shape index (κ2) is 8.80. The first kappa shape index (κ1) is 18.4. The number of hydrogen-bond acceptors (Lipinski definition) is 6. The van der Waals surface area contributed by atoms with Gasteiger partial charge < -0.3 is 19.9 Å². The van der Waals surface area contributed by atoms with Crippen LogP contribution in [0.3, 0.4) is 0 Å². The van der Waals surface area contributed by atoms with E-state index in [-0.39, 0.29) is 5.82 Å². The zero-order valence-corrected chi connectivity index (χ0v) is 15.4. The molecule has 26 heavy (non-hydrogen) atoms. The number of halogens is 1. The highest BCUT2D eigenvalue weighted by Crippen LogP contribution is 2.21. The fraction of sp³-hybridized carbons (Fsp3) is 0.474. The van der Waals surface area contributed by atoms with Crippen molar-refractivity contribution in [2.45, 2.75) is 13.3 Å². The third-order valence-electron chi connectivity index (χ3n) is 4.44. The summed E-state index contributed by atoms with van der Waals surface area (Å²) in [5, 5.41) is 3.26. The molecule has 1 aliphatic heterocycles. The normalized spacial score (nSPS) is 14.6. The van der Waals surface area contributed by atoms with Gasteiger partial charge >= 0.3 is 0 Å². The molecule has 6 nitrogen and oxygen atoms in total. The predicted molar refractivity (Wildman–Crippen MR) is 103 cm³/mol. The van der Waals surface area contributed by atoms with E-state index >= 15 is 0 Å². The standard InChI is InChI=1S/C19H26FN5O/c1-15-14-18(23-19(22-15)21-8-3-13-26-2)25-11-9-24(10-12-25)17-6-4-16(20)5-7-17/h4-7,14H,3,8-13H2,1-2H3,(H,21,22,23). The third-order valence-corrected chi connectivity index (χ3v) is 4.44. The molecule has 2 aromatic rings. The number of ether oxygens (including phenoxy) is 1. The van der Waals surface area contributed by atoms with Crippen molar-refractivity contribution < 1.29 is 9.13 Å². The number of piperazine rings is 1. The van der Waals surface area contributed by atoms with E-state index in [0.29, 0.717) is 5.95 Å². The summed E-state index contributed by atoms with van der Waals surface area (Å²) in [5.74, 6) is 1.41. The van der Waals surface area contributed by atoms with E-state index in [1.165, 1.54) is 12.1 Å². The van der Waals surface area contributed by atoms with E-state index in [9.17, 15) is 4.39 Å². The van der Waals surface area contributed by atoms with E-state index in [1.54, 1.807) is 7.11 Å². The molecule has 1 saturated heterocycles. The number of nitrogens with one attached hydrogen (secondary N) is 1. The maximum atomic E-state index is 13.1. The Hall–Kier alpha value is -2.41. The molecule has 0 atom stereocenters. The Kier molecular flexibility index (Phi) is 6.22. The van der Waals surface area contributed by atoms with Crippen molar-refractivity contribution in [3.63, 3.8) is 0 Å². The van der Waals surface area contributed by atoms with Crippen molar-refractivity contribution in [2.24, 2.45) is 0 Å². The Balaban J connectivity index is 1.59. The molecule has 1 fully saturated rings. The molecule has 0 bridgehead atoms. The van der Waals surface area contributed by atoms with E-state index in [2.05, 4.69) is 25.1 Å². The average molecular weight is 359 g/mol. The van der Waals surface area contributed by atoms with Crippen LogP contribution in [0.15, 0.2) is 30.3 Å². The van der Waals surface area contributed by atoms with E-state index in [0.717, 1.165) is 63.0 Å². The maximum Gasteiger partial charge on any atom is 0.224 e. The molecule has 0 saturated carbocycles. The number of anilines is 3. The number of aryl methyl sites for hydroxylation is 1. The first-order valence-electron chi connectivity index (χ1n) is 8.99. The van der Waals surface area contributed by atoms with Gasteiger partial charge in [0.2, 0.25) is 5.95 Å². The van der Waals surface area contributed by atoms with Crippen molar-refractivity contribution in [1.82, 2.24) is 9.97 Å². The molecule has 3 rings (SSSR count). The fourth-order valence-corrected chi connectivity index (χ4v) is 3.06. The Morgan fingerprint density at radius 1 is 1.08 bits per heavy atom. The molecule has 140 valence electrons. The second-order valence-electron chi connectivity index (χ2n) is 6.41. The van der Waals surface area contributed by atoms with Crippen LogP contribution in [0.4, 0.5) is 21.8 Å². The Morgan fingerprint density at radius 2 is 1.77 bits per heavy atom. The highest BCUT2D eigenvalue weighted by molar-refractivity contribution is 5.50. The molecule has 1 aliphatic rings. The van der Waals surface area contributed by atoms with Gasteiger partial charge in [-0.1, -0.05) is 0 Å². The minimum Gasteiger partial charge on any atom is -0.385 e. The van der Waals surface area contributed by atoms with Gasteiger partial charge in [-0.25, -0.2) is 9.37 Å². The minimum atomic E-state index is -0.200. The monoisotopic (exact) mass is 359 g/mol. The summed E-state index contributed by atoms with van der Waals surface area (Å²) in [5.41, 5.74) is 2.01. The van der Waals surface area contributed by atoms with Crippen molar-refractivity contribution in [3.8, 4) is 0 Å². The lowest BCUT2D eigenvalue weighted by Crippen LogP contribution is -2.46. The molecule has 0 unspecified atom stereocenters. The summed E-state index contributed by atoms with van der Waals surface area (Å²) in [4.78, 5) is 13.7. The van der Waals surface area contributed by atoms with Crippen LogP contribution in [0, 0.1) is 12.7 Å². The van der Waals surface area contributed by atoms with Gasteiger partial charge in [-0.2, -0.15) is 4.98 Å². The zero-order chi connectivity index (χ0) is 18.4. The van der Waals surface area contributed by atoms with Crippen LogP contribution >= 0.6 is 0 Å². The number of aromatic nitrogens is 2. The second-order valence-corrected chi connectivity index (χ2v) is 6.41. The van der Waals surface area contributed by atoms with Crippen molar-refractivity contribution in [2.75, 3.05) is 61.6 Å². The lowest BCUT2D eigenvalue weighted by Gasteiger charge is -2.36. The van der Waals surface area contributed by atoms with Crippen LogP contribution in [0.25, 0.3) is 0 Å². The fourth-order valence-electron chi connectivity index (χ4n) is 3.06. The molecule has 7 heteroatoms. The number of nitrogens with zero attached hydrogens (tertiary/aromatic N) is 4. The van der Waals surface area contributed by atoms with Crippen LogP contribution in [0.1, 0.15) is 12.1 Å². The number of benzene rings is 1. The molecular formula is C19H26FN5O. The summed E-state index contributed by atoms with van der Waals surface area (Å²) in [6.07, 6.45) is 0.916. The predicted octanol–water partition coefficient (Wildman–Crippen LogP) is 2.70. The Labute approximate surface area is 154 Å². The SMILES string of the molecule is COCCCNc1nc(C)cc(N2CCN(c3ccc(F)cc3)CC2)n1. The zero-order valence-electron chi connectivity index (χ0n) is 15.4. The first-order valence-corrected chi connectivity index (χ1v) is 8.99. The van der Waals surface area contributed by atoms with Crippen molar-refractivity contribution >= 4 is 17.5 Å². The van der Waals surface area contributed by atoms with Crippen LogP contribution in [0.2, 0.25) is 0 Å². The average Bonchev–Trinajstić information content (AvgIpc) is 2.66. The van der Waals surface area contributed by atoms with E-state index in [1.807, 2.05) is 25.1 Å². The van der Waals surface area contributed by atoms with Gasteiger partial charge in [-0.05, 0) is 37.6 Å². The summed E-state index contributed by atoms with van der Waals surface area (Å²) < 4.78 is 18.2. The molecule has 2 heterocycles. The van der Waals surface area contributed by atoms with Gasteiger partial charge in [0.1, 0.15) is 11.6 Å². The van der Waals surface area contributed by atoms with Crippen LogP contribution in [0.5, 0.6) is 0 Å². The smallest absolute Gasteiger partial charge is 0.224 e. The molecule has 0 amide bonds. The van der Waals surface area contributed by atoms with Crippen molar-refractivity contribution in [3.05, 3.63) is 41.8 Å². The van der Waals surface area contributed by atoms with Gasteiger partial charge in [-0.3, -0.25) is 0 Å². The topological polar surface area (TPSA) is 53.5 Å². The molecule has 1 N–H and O–H groups in total. The Bertz CT molecular complexity index is 702. The molecule has 0 aliphatic carbocycles. The summed E-state index contributed by atoms with van der Waals surface area (Å²) in [6, 6.07) is 8.71. The van der Waals surface area contributed by atoms with Crippen molar-refractivity contribution in [1.29, 1.82) is 0 Å². The van der Waals surface area contributed by atoms with Gasteiger partial charge in [0.25, 0.3) is 0 Å². The number of methoxy groups -OCH3 is 1. The highest BCUT2D eigenvalue weighted by atomic mass is 19.1. The van der Waals surface area contributed by atoms with Gasteiger partial charge in [0, 0.05) is 63.9 Å². The molecule has 1 aromatic heterocycles. The minimum absolute atomic E-state index is 0.200. The molecule has 1 aromatic carbocycles. The quantitative estimate of drug-likeness (QED) is 0.767. The Morgan fingerprint density at radius 3 is 2.46 bits per heavy atom. The lowest BCUT2D eigenvalue weighted by atomic mass is 10.2. The maximum absolute atomic E-state index is 13.1. The number of hydrogen-bond donors (Lipinski definition) is 1. The molecule has 0 spiro atoms. The summed E-state index contributed by atoms with van der Waals surface area (Å²) in [6.45, 7) is 7.00. The number of rotatable bonds is 7. The lowest BCUT2D eigenvalue weighted by molar-refractivity contribution is 0.197. The third kappa shape index (κ3) is 4.82. The molecule has 0 radical (unpaired) electrons. The summed E-state index contributed by atoms with van der Waals surface area (Å²) in [7, 11) is 1.70. The van der Waals surface area contributed by atoms with Gasteiger partial charge in [0.05, 0.1) is 0 Å². The van der Waals surface area contributed by atoms with E-state index in [4.69, 9.17) is 4.74 Å². The summed E-state index contributed by atoms with van der Waals surface area (Å²) >= 11 is 0. The van der Waals surface area contributed by atoms with E-state index < -0.39 is 0 Å². The first-order chi connectivity index (χ1) is 12.7. The largest absolute Gasteiger partial charge is 0.385 e. The van der Waals surface area contributed by atoms with Gasteiger partial charge in [-0.15, -0.1) is 0 Å². The van der Waals surface area contributed by atoms with Crippen LogP contribution < -0.4 is 15.1 Å². The van der Waals surface area contributed by atoms with Crippen LogP contribution in [-0.2, 0) is 4.74 Å². The molecular weight excluding hydrogens is 333 g/mol. The van der Waals surface area contributed by atoms with Crippen LogP contribution in [-0.4, -0.2) is 56.4 Å². The van der Waals surface area contributed by atoms with Gasteiger partial charge in [0.15, 0.2) is 0 Å².